The molecule has 0 aliphatic carbocycles. The highest BCUT2D eigenvalue weighted by Gasteiger charge is 2.26. The van der Waals surface area contributed by atoms with Gasteiger partial charge in [0.25, 0.3) is 0 Å². The Labute approximate surface area is 143 Å². The number of rotatable bonds is 5. The lowest BCUT2D eigenvalue weighted by Crippen LogP contribution is -2.40. The van der Waals surface area contributed by atoms with Crippen LogP contribution in [0.25, 0.3) is 11.1 Å². The van der Waals surface area contributed by atoms with Crippen molar-refractivity contribution >= 4 is 11.8 Å². The van der Waals surface area contributed by atoms with Gasteiger partial charge in [-0.1, -0.05) is 24.3 Å². The number of aromatic amines is 1. The second-order valence-electron chi connectivity index (χ2n) is 6.63. The van der Waals surface area contributed by atoms with Crippen LogP contribution in [0.5, 0.6) is 0 Å². The monoisotopic (exact) mass is 329 g/mol. The van der Waals surface area contributed by atoms with E-state index in [-0.39, 0.29) is 0 Å². The Kier molecular flexibility index (Phi) is 5.44. The van der Waals surface area contributed by atoms with Gasteiger partial charge in [-0.2, -0.15) is 16.9 Å². The molecule has 0 saturated carbocycles. The lowest BCUT2D eigenvalue weighted by atomic mass is 9.88. The van der Waals surface area contributed by atoms with Gasteiger partial charge in [-0.3, -0.25) is 10.00 Å². The molecule has 0 amide bonds. The highest BCUT2D eigenvalue weighted by atomic mass is 32.2. The Bertz CT molecular complexity index is 629. The summed E-state index contributed by atoms with van der Waals surface area (Å²) in [5.74, 6) is 1.83. The fourth-order valence-corrected chi connectivity index (χ4v) is 4.37. The standard InChI is InChI=1S/C19H27N3S/c1-14-6-4-5-7-17(14)18-12-20-21-19(18)16-8-10-22(11-9-16)15(2)13-23-3/h4-7,12,15-16H,8-11,13H2,1-3H3,(H,20,21)/t15-/m1/s1. The van der Waals surface area contributed by atoms with Crippen molar-refractivity contribution < 1.29 is 0 Å². The molecule has 124 valence electrons. The molecule has 0 bridgehead atoms. The highest BCUT2D eigenvalue weighted by Crippen LogP contribution is 2.35. The summed E-state index contributed by atoms with van der Waals surface area (Å²) in [4.78, 5) is 2.64. The first kappa shape index (κ1) is 16.6. The van der Waals surface area contributed by atoms with E-state index in [2.05, 4.69) is 59.5 Å². The third-order valence-corrected chi connectivity index (χ3v) is 5.89. The van der Waals surface area contributed by atoms with E-state index in [0.717, 1.165) is 0 Å². The maximum absolute atomic E-state index is 4.36. The largest absolute Gasteiger partial charge is 0.300 e. The quantitative estimate of drug-likeness (QED) is 0.887. The number of hydrogen-bond acceptors (Lipinski definition) is 3. The van der Waals surface area contributed by atoms with E-state index < -0.39 is 0 Å². The molecule has 1 fully saturated rings. The Hall–Kier alpha value is -1.26. The highest BCUT2D eigenvalue weighted by molar-refractivity contribution is 7.98. The molecule has 0 spiro atoms. The van der Waals surface area contributed by atoms with E-state index >= 15 is 0 Å². The number of aryl methyl sites for hydroxylation is 1. The molecule has 4 heteroatoms. The zero-order valence-electron chi connectivity index (χ0n) is 14.4. The molecule has 1 aliphatic heterocycles. The van der Waals surface area contributed by atoms with Crippen molar-refractivity contribution in [3.63, 3.8) is 0 Å². The molecule has 1 N–H and O–H groups in total. The molecule has 3 nitrogen and oxygen atoms in total. The van der Waals surface area contributed by atoms with Gasteiger partial charge in [0.2, 0.25) is 0 Å². The molecule has 3 rings (SSSR count). The van der Waals surface area contributed by atoms with Crippen molar-refractivity contribution in [3.8, 4) is 11.1 Å². The van der Waals surface area contributed by atoms with Crippen LogP contribution >= 0.6 is 11.8 Å². The second-order valence-corrected chi connectivity index (χ2v) is 7.54. The van der Waals surface area contributed by atoms with Gasteiger partial charge in [0.15, 0.2) is 0 Å². The summed E-state index contributed by atoms with van der Waals surface area (Å²) in [6.07, 6.45) is 6.64. The van der Waals surface area contributed by atoms with Crippen molar-refractivity contribution in [1.29, 1.82) is 0 Å². The average Bonchev–Trinajstić information content (AvgIpc) is 3.05. The van der Waals surface area contributed by atoms with Crippen LogP contribution in [0.1, 0.15) is 36.9 Å². The number of likely N-dealkylation sites (tertiary alicyclic amines) is 1. The number of thioether (sulfide) groups is 1. The molecule has 1 saturated heterocycles. The summed E-state index contributed by atoms with van der Waals surface area (Å²) in [7, 11) is 0. The van der Waals surface area contributed by atoms with Crippen LogP contribution in [-0.2, 0) is 0 Å². The summed E-state index contributed by atoms with van der Waals surface area (Å²) in [5, 5.41) is 7.65. The summed E-state index contributed by atoms with van der Waals surface area (Å²) < 4.78 is 0. The number of nitrogens with zero attached hydrogens (tertiary/aromatic N) is 2. The van der Waals surface area contributed by atoms with Gasteiger partial charge in [0, 0.05) is 29.0 Å². The molecular formula is C19H27N3S. The molecule has 1 aliphatic rings. The van der Waals surface area contributed by atoms with Crippen LogP contribution in [-0.4, -0.2) is 46.2 Å². The van der Waals surface area contributed by atoms with E-state index in [9.17, 15) is 0 Å². The SMILES string of the molecule is CSC[C@@H](C)N1CCC(c2[nH]ncc2-c2ccccc2C)CC1. The van der Waals surface area contributed by atoms with E-state index in [1.807, 2.05) is 18.0 Å². The van der Waals surface area contributed by atoms with Crippen LogP contribution < -0.4 is 0 Å². The first-order valence-corrected chi connectivity index (χ1v) is 9.92. The van der Waals surface area contributed by atoms with Gasteiger partial charge in [-0.05, 0) is 57.2 Å². The molecule has 0 unspecified atom stereocenters. The number of nitrogens with one attached hydrogen (secondary N) is 1. The van der Waals surface area contributed by atoms with Crippen molar-refractivity contribution in [2.45, 2.75) is 38.6 Å². The van der Waals surface area contributed by atoms with Crippen LogP contribution in [0.4, 0.5) is 0 Å². The Balaban J connectivity index is 1.73. The number of H-pyrrole nitrogens is 1. The van der Waals surface area contributed by atoms with Crippen molar-refractivity contribution in [2.24, 2.45) is 0 Å². The van der Waals surface area contributed by atoms with E-state index in [4.69, 9.17) is 0 Å². The summed E-state index contributed by atoms with van der Waals surface area (Å²) in [5.41, 5.74) is 5.26. The third kappa shape index (κ3) is 3.64. The zero-order valence-corrected chi connectivity index (χ0v) is 15.2. The minimum atomic E-state index is 0.602. The Morgan fingerprint density at radius 1 is 1.26 bits per heavy atom. The summed E-state index contributed by atoms with van der Waals surface area (Å²) in [6, 6.07) is 9.29. The van der Waals surface area contributed by atoms with Gasteiger partial charge in [-0.15, -0.1) is 0 Å². The third-order valence-electron chi connectivity index (χ3n) is 5.07. The molecular weight excluding hydrogens is 302 g/mol. The molecule has 1 aromatic heterocycles. The van der Waals surface area contributed by atoms with E-state index in [1.54, 1.807) is 0 Å². The number of aromatic nitrogens is 2. The lowest BCUT2D eigenvalue weighted by Gasteiger charge is -2.35. The van der Waals surface area contributed by atoms with Gasteiger partial charge in [0.05, 0.1) is 6.20 Å². The average molecular weight is 330 g/mol. The molecule has 0 radical (unpaired) electrons. The fourth-order valence-electron chi connectivity index (χ4n) is 3.67. The predicted molar refractivity (Wildman–Crippen MR) is 100 cm³/mol. The van der Waals surface area contributed by atoms with Crippen molar-refractivity contribution in [1.82, 2.24) is 15.1 Å². The second kappa shape index (κ2) is 7.54. The zero-order chi connectivity index (χ0) is 16.2. The summed E-state index contributed by atoms with van der Waals surface area (Å²) >= 11 is 1.95. The number of benzene rings is 1. The van der Waals surface area contributed by atoms with E-state index in [0.29, 0.717) is 12.0 Å². The van der Waals surface area contributed by atoms with E-state index in [1.165, 1.54) is 54.1 Å². The van der Waals surface area contributed by atoms with Gasteiger partial charge in [-0.25, -0.2) is 0 Å². The van der Waals surface area contributed by atoms with Crippen LogP contribution in [0.2, 0.25) is 0 Å². The predicted octanol–water partition coefficient (Wildman–Crippen LogP) is 4.32. The van der Waals surface area contributed by atoms with Gasteiger partial charge < -0.3 is 0 Å². The Morgan fingerprint density at radius 3 is 2.70 bits per heavy atom. The smallest absolute Gasteiger partial charge is 0.0568 e. The minimum absolute atomic E-state index is 0.602. The summed E-state index contributed by atoms with van der Waals surface area (Å²) in [6.45, 7) is 6.92. The molecule has 2 heterocycles. The van der Waals surface area contributed by atoms with Crippen LogP contribution in [0.3, 0.4) is 0 Å². The molecule has 1 aromatic carbocycles. The van der Waals surface area contributed by atoms with Crippen molar-refractivity contribution in [3.05, 3.63) is 41.7 Å². The number of piperidine rings is 1. The molecule has 2 aromatic rings. The first-order chi connectivity index (χ1) is 11.2. The lowest BCUT2D eigenvalue weighted by molar-refractivity contribution is 0.173. The maximum Gasteiger partial charge on any atom is 0.0568 e. The van der Waals surface area contributed by atoms with Gasteiger partial charge >= 0.3 is 0 Å². The molecule has 1 atom stereocenters. The van der Waals surface area contributed by atoms with Crippen LogP contribution in [0.15, 0.2) is 30.5 Å². The minimum Gasteiger partial charge on any atom is -0.300 e. The molecule has 23 heavy (non-hydrogen) atoms. The fraction of sp³-hybridized carbons (Fsp3) is 0.526. The van der Waals surface area contributed by atoms with Gasteiger partial charge in [0.1, 0.15) is 0 Å². The van der Waals surface area contributed by atoms with Crippen molar-refractivity contribution in [2.75, 3.05) is 25.1 Å². The van der Waals surface area contributed by atoms with Crippen LogP contribution in [0, 0.1) is 6.92 Å². The first-order valence-electron chi connectivity index (χ1n) is 8.53. The normalized spacial score (nSPS) is 18.2. The Morgan fingerprint density at radius 2 is 2.00 bits per heavy atom. The maximum atomic E-state index is 4.36. The topological polar surface area (TPSA) is 31.9 Å². The number of hydrogen-bond donors (Lipinski definition) is 1.